The zero-order valence-corrected chi connectivity index (χ0v) is 17.5. The summed E-state index contributed by atoms with van der Waals surface area (Å²) in [7, 11) is -3.94. The van der Waals surface area contributed by atoms with E-state index in [0.29, 0.717) is 24.7 Å². The van der Waals surface area contributed by atoms with Gasteiger partial charge in [0.05, 0.1) is 16.1 Å². The average Bonchev–Trinajstić information content (AvgIpc) is 2.79. The van der Waals surface area contributed by atoms with Crippen molar-refractivity contribution in [2.75, 3.05) is 23.3 Å². The van der Waals surface area contributed by atoms with Crippen LogP contribution in [0.1, 0.15) is 20.7 Å². The molecule has 2 amide bonds. The van der Waals surface area contributed by atoms with Crippen LogP contribution in [0.3, 0.4) is 0 Å². The number of carbonyl (C=O) groups is 2. The standard InChI is InChI=1S/C22H19N3O6S/c23-21(26)17-6-1-2-7-18(17)24-22(27)14-4-3-5-15(12-14)25-32(28,29)16-8-9-19-20(13-16)31-11-10-30-19/h1-9,12-13,25H,10-11H2,(H2,23,26)(H,24,27). The Morgan fingerprint density at radius 3 is 2.41 bits per heavy atom. The van der Waals surface area contributed by atoms with E-state index < -0.39 is 21.8 Å². The van der Waals surface area contributed by atoms with Crippen LogP contribution in [-0.4, -0.2) is 33.4 Å². The first-order valence-corrected chi connectivity index (χ1v) is 11.0. The van der Waals surface area contributed by atoms with Crippen molar-refractivity contribution >= 4 is 33.2 Å². The molecule has 1 aliphatic rings. The molecular weight excluding hydrogens is 434 g/mol. The van der Waals surface area contributed by atoms with Crippen LogP contribution in [0.15, 0.2) is 71.6 Å². The Kier molecular flexibility index (Phi) is 5.69. The lowest BCUT2D eigenvalue weighted by molar-refractivity contribution is 0.100. The Labute approximate surface area is 184 Å². The van der Waals surface area contributed by atoms with Crippen LogP contribution >= 0.6 is 0 Å². The number of anilines is 2. The van der Waals surface area contributed by atoms with Crippen molar-refractivity contribution in [3.05, 3.63) is 77.9 Å². The number of rotatable bonds is 6. The minimum Gasteiger partial charge on any atom is -0.486 e. The van der Waals surface area contributed by atoms with Crippen LogP contribution in [0.5, 0.6) is 11.5 Å². The quantitative estimate of drug-likeness (QED) is 0.525. The SMILES string of the molecule is NC(=O)c1ccccc1NC(=O)c1cccc(NS(=O)(=O)c2ccc3c(c2)OCCO3)c1. The van der Waals surface area contributed by atoms with Gasteiger partial charge in [0.1, 0.15) is 13.2 Å². The van der Waals surface area contributed by atoms with E-state index in [0.717, 1.165) is 0 Å². The van der Waals surface area contributed by atoms with E-state index in [4.69, 9.17) is 15.2 Å². The second kappa shape index (κ2) is 8.60. The van der Waals surface area contributed by atoms with Crippen LogP contribution < -0.4 is 25.2 Å². The van der Waals surface area contributed by atoms with Gasteiger partial charge in [-0.15, -0.1) is 0 Å². The molecule has 1 heterocycles. The number of primary amides is 1. The van der Waals surface area contributed by atoms with Crippen molar-refractivity contribution in [3.8, 4) is 11.5 Å². The molecule has 1 aliphatic heterocycles. The van der Waals surface area contributed by atoms with E-state index in [-0.39, 0.29) is 27.4 Å². The molecule has 10 heteroatoms. The molecule has 4 rings (SSSR count). The van der Waals surface area contributed by atoms with Crippen molar-refractivity contribution in [3.63, 3.8) is 0 Å². The third kappa shape index (κ3) is 4.49. The van der Waals surface area contributed by atoms with Gasteiger partial charge in [0.15, 0.2) is 11.5 Å². The summed E-state index contributed by atoms with van der Waals surface area (Å²) in [6.45, 7) is 0.732. The van der Waals surface area contributed by atoms with Crippen LogP contribution in [0.2, 0.25) is 0 Å². The highest BCUT2D eigenvalue weighted by molar-refractivity contribution is 7.92. The number of benzene rings is 3. The molecule has 32 heavy (non-hydrogen) atoms. The summed E-state index contributed by atoms with van der Waals surface area (Å²) in [4.78, 5) is 24.2. The zero-order valence-electron chi connectivity index (χ0n) is 16.7. The maximum atomic E-state index is 12.8. The number of hydrogen-bond acceptors (Lipinski definition) is 6. The van der Waals surface area contributed by atoms with Crippen LogP contribution in [0.4, 0.5) is 11.4 Å². The number of nitrogens with one attached hydrogen (secondary N) is 2. The summed E-state index contributed by atoms with van der Waals surface area (Å²) in [6.07, 6.45) is 0. The predicted octanol–water partition coefficient (Wildman–Crippen LogP) is 2.61. The van der Waals surface area contributed by atoms with Crippen LogP contribution in [0.25, 0.3) is 0 Å². The van der Waals surface area contributed by atoms with Gasteiger partial charge in [0.25, 0.3) is 21.8 Å². The van der Waals surface area contributed by atoms with Crippen LogP contribution in [-0.2, 0) is 10.0 Å². The molecule has 4 N–H and O–H groups in total. The highest BCUT2D eigenvalue weighted by Crippen LogP contribution is 2.32. The first-order valence-electron chi connectivity index (χ1n) is 9.56. The maximum absolute atomic E-state index is 12.8. The van der Waals surface area contributed by atoms with Crippen molar-refractivity contribution in [2.45, 2.75) is 4.90 Å². The average molecular weight is 453 g/mol. The van der Waals surface area contributed by atoms with E-state index in [1.54, 1.807) is 18.2 Å². The number of sulfonamides is 1. The minimum absolute atomic E-state index is 0.00742. The topological polar surface area (TPSA) is 137 Å². The fourth-order valence-corrected chi connectivity index (χ4v) is 4.19. The molecule has 0 bridgehead atoms. The molecule has 3 aromatic carbocycles. The summed E-state index contributed by atoms with van der Waals surface area (Å²) in [5.74, 6) is -0.383. The Bertz CT molecular complexity index is 1310. The van der Waals surface area contributed by atoms with E-state index in [9.17, 15) is 18.0 Å². The van der Waals surface area contributed by atoms with Gasteiger partial charge in [-0.1, -0.05) is 18.2 Å². The highest BCUT2D eigenvalue weighted by atomic mass is 32.2. The first-order chi connectivity index (χ1) is 15.3. The summed E-state index contributed by atoms with van der Waals surface area (Å²) >= 11 is 0. The van der Waals surface area contributed by atoms with Crippen molar-refractivity contribution in [2.24, 2.45) is 5.73 Å². The molecular formula is C22H19N3O6S. The molecule has 0 saturated carbocycles. The molecule has 0 radical (unpaired) electrons. The fraction of sp³-hybridized carbons (Fsp3) is 0.0909. The molecule has 0 fully saturated rings. The van der Waals surface area contributed by atoms with Gasteiger partial charge >= 0.3 is 0 Å². The smallest absolute Gasteiger partial charge is 0.262 e. The Morgan fingerprint density at radius 1 is 0.875 bits per heavy atom. The normalized spacial score (nSPS) is 12.6. The van der Waals surface area contributed by atoms with E-state index in [1.165, 1.54) is 48.5 Å². The lowest BCUT2D eigenvalue weighted by atomic mass is 10.1. The van der Waals surface area contributed by atoms with Gasteiger partial charge in [-0.05, 0) is 42.5 Å². The minimum atomic E-state index is -3.94. The van der Waals surface area contributed by atoms with Gasteiger partial charge in [-0.3, -0.25) is 14.3 Å². The van der Waals surface area contributed by atoms with Gasteiger partial charge < -0.3 is 20.5 Å². The maximum Gasteiger partial charge on any atom is 0.262 e. The highest BCUT2D eigenvalue weighted by Gasteiger charge is 2.20. The Hall–Kier alpha value is -4.05. The van der Waals surface area contributed by atoms with Crippen molar-refractivity contribution < 1.29 is 27.5 Å². The molecule has 164 valence electrons. The van der Waals surface area contributed by atoms with Crippen LogP contribution in [0, 0.1) is 0 Å². The largest absolute Gasteiger partial charge is 0.486 e. The number of nitrogens with two attached hydrogens (primary N) is 1. The lowest BCUT2D eigenvalue weighted by Crippen LogP contribution is -2.19. The Balaban J connectivity index is 1.54. The van der Waals surface area contributed by atoms with Gasteiger partial charge in [0, 0.05) is 17.3 Å². The number of fused-ring (bicyclic) bond motifs is 1. The fourth-order valence-electron chi connectivity index (χ4n) is 3.13. The van der Waals surface area contributed by atoms with Gasteiger partial charge in [-0.25, -0.2) is 8.42 Å². The van der Waals surface area contributed by atoms with E-state index >= 15 is 0 Å². The lowest BCUT2D eigenvalue weighted by Gasteiger charge is -2.19. The van der Waals surface area contributed by atoms with Crippen molar-refractivity contribution in [1.82, 2.24) is 0 Å². The number of ether oxygens (including phenoxy) is 2. The number of para-hydroxylation sites is 1. The van der Waals surface area contributed by atoms with E-state index in [1.807, 2.05) is 0 Å². The number of hydrogen-bond donors (Lipinski definition) is 3. The zero-order chi connectivity index (χ0) is 22.7. The van der Waals surface area contributed by atoms with Gasteiger partial charge in [0.2, 0.25) is 0 Å². The second-order valence-corrected chi connectivity index (χ2v) is 8.54. The summed E-state index contributed by atoms with van der Waals surface area (Å²) in [5.41, 5.74) is 6.13. The van der Waals surface area contributed by atoms with Gasteiger partial charge in [-0.2, -0.15) is 0 Å². The second-order valence-electron chi connectivity index (χ2n) is 6.86. The number of amides is 2. The monoisotopic (exact) mass is 453 g/mol. The van der Waals surface area contributed by atoms with Crippen molar-refractivity contribution in [1.29, 1.82) is 0 Å². The molecule has 0 saturated heterocycles. The Morgan fingerprint density at radius 2 is 1.62 bits per heavy atom. The molecule has 0 aromatic heterocycles. The summed E-state index contributed by atoms with van der Waals surface area (Å²) in [6, 6.07) is 16.6. The molecule has 0 atom stereocenters. The third-order valence-electron chi connectivity index (χ3n) is 4.64. The first kappa shape index (κ1) is 21.2. The predicted molar refractivity (Wildman–Crippen MR) is 118 cm³/mol. The molecule has 9 nitrogen and oxygen atoms in total. The summed E-state index contributed by atoms with van der Waals surface area (Å²) < 4.78 is 38.9. The molecule has 0 aliphatic carbocycles. The summed E-state index contributed by atoms with van der Waals surface area (Å²) in [5, 5.41) is 2.62. The van der Waals surface area contributed by atoms with E-state index in [2.05, 4.69) is 10.0 Å². The molecule has 0 spiro atoms. The third-order valence-corrected chi connectivity index (χ3v) is 6.02. The number of carbonyl (C=O) groups excluding carboxylic acids is 2. The molecule has 0 unspecified atom stereocenters. The molecule has 3 aromatic rings.